The Morgan fingerprint density at radius 3 is 1.79 bits per heavy atom. The minimum Gasteiger partial charge on any atom is -0.316 e. The first-order valence-electron chi connectivity index (χ1n) is 6.43. The van der Waals surface area contributed by atoms with Crippen molar-refractivity contribution in [2.75, 3.05) is 23.9 Å². The second-order valence-corrected chi connectivity index (χ2v) is 5.15. The number of hydrogen-bond acceptors (Lipinski definition) is 2. The van der Waals surface area contributed by atoms with E-state index in [4.69, 9.17) is 0 Å². The van der Waals surface area contributed by atoms with Gasteiger partial charge in [0.25, 0.3) is 0 Å². The number of carbonyl (C=O) groups is 2. The summed E-state index contributed by atoms with van der Waals surface area (Å²) in [5.41, 5.74) is 1.66. The molecule has 0 fully saturated rings. The highest BCUT2D eigenvalue weighted by Gasteiger charge is 2.13. The molecule has 0 heterocycles. The highest BCUT2D eigenvalue weighted by atomic mass is 16.2. The van der Waals surface area contributed by atoms with Crippen LogP contribution >= 0.6 is 0 Å². The number of amides is 2. The van der Waals surface area contributed by atoms with Gasteiger partial charge in [-0.25, -0.2) is 0 Å². The second-order valence-electron chi connectivity index (χ2n) is 5.15. The van der Waals surface area contributed by atoms with E-state index >= 15 is 0 Å². The molecular formula is C15H22N2O2. The van der Waals surface area contributed by atoms with Crippen molar-refractivity contribution in [2.24, 2.45) is 5.92 Å². The summed E-state index contributed by atoms with van der Waals surface area (Å²) in [7, 11) is 3.50. The molecule has 1 aromatic carbocycles. The van der Waals surface area contributed by atoms with Crippen molar-refractivity contribution >= 4 is 23.2 Å². The van der Waals surface area contributed by atoms with Gasteiger partial charge >= 0.3 is 0 Å². The molecule has 0 aromatic heterocycles. The normalized spacial score (nSPS) is 10.4. The molecule has 0 unspecified atom stereocenters. The third-order valence-corrected chi connectivity index (χ3v) is 3.05. The Hall–Kier alpha value is -1.84. The summed E-state index contributed by atoms with van der Waals surface area (Å²) in [4.78, 5) is 26.4. The molecule has 0 aliphatic rings. The summed E-state index contributed by atoms with van der Waals surface area (Å²) in [5.74, 6) is 0.428. The Morgan fingerprint density at radius 2 is 1.42 bits per heavy atom. The summed E-state index contributed by atoms with van der Waals surface area (Å²) >= 11 is 0. The van der Waals surface area contributed by atoms with Gasteiger partial charge < -0.3 is 9.80 Å². The van der Waals surface area contributed by atoms with Crippen molar-refractivity contribution in [2.45, 2.75) is 27.2 Å². The smallest absolute Gasteiger partial charge is 0.226 e. The Balaban J connectivity index is 2.81. The van der Waals surface area contributed by atoms with Crippen LogP contribution < -0.4 is 9.80 Å². The van der Waals surface area contributed by atoms with E-state index < -0.39 is 0 Å². The molecule has 0 radical (unpaired) electrons. The fourth-order valence-corrected chi connectivity index (χ4v) is 1.71. The molecule has 4 nitrogen and oxygen atoms in total. The Labute approximate surface area is 115 Å². The Bertz CT molecular complexity index is 452. The van der Waals surface area contributed by atoms with Crippen LogP contribution in [-0.2, 0) is 9.59 Å². The molecule has 0 saturated carbocycles. The van der Waals surface area contributed by atoms with E-state index in [0.29, 0.717) is 12.3 Å². The predicted molar refractivity (Wildman–Crippen MR) is 78.4 cm³/mol. The first kappa shape index (κ1) is 15.2. The largest absolute Gasteiger partial charge is 0.316 e. The van der Waals surface area contributed by atoms with Crippen molar-refractivity contribution in [1.82, 2.24) is 0 Å². The molecule has 0 bridgehead atoms. The monoisotopic (exact) mass is 262 g/mol. The maximum atomic E-state index is 11.9. The van der Waals surface area contributed by atoms with Gasteiger partial charge in [-0.15, -0.1) is 0 Å². The molecule has 4 heteroatoms. The third kappa shape index (κ3) is 4.09. The first-order chi connectivity index (χ1) is 8.82. The van der Waals surface area contributed by atoms with Crippen molar-refractivity contribution in [3.05, 3.63) is 24.3 Å². The van der Waals surface area contributed by atoms with Crippen molar-refractivity contribution in [1.29, 1.82) is 0 Å². The number of anilines is 2. The van der Waals surface area contributed by atoms with Crippen LogP contribution in [0.5, 0.6) is 0 Å². The molecule has 0 saturated heterocycles. The lowest BCUT2D eigenvalue weighted by molar-refractivity contribution is -0.119. The molecule has 2 amide bonds. The molecule has 0 N–H and O–H groups in total. The molecule has 0 atom stereocenters. The SMILES string of the molecule is CC(=O)N(C)c1ccc(N(C)C(=O)CC(C)C)cc1. The van der Waals surface area contributed by atoms with E-state index in [-0.39, 0.29) is 11.8 Å². The summed E-state index contributed by atoms with van der Waals surface area (Å²) < 4.78 is 0. The molecule has 1 rings (SSSR count). The number of rotatable bonds is 4. The van der Waals surface area contributed by atoms with E-state index in [9.17, 15) is 9.59 Å². The lowest BCUT2D eigenvalue weighted by Gasteiger charge is -2.20. The minimum atomic E-state index is -0.0167. The Kier molecular flexibility index (Phi) is 5.10. The van der Waals surface area contributed by atoms with Gasteiger partial charge in [0.05, 0.1) is 0 Å². The maximum absolute atomic E-state index is 11.9. The van der Waals surface area contributed by atoms with Gasteiger partial charge in [-0.05, 0) is 30.2 Å². The second kappa shape index (κ2) is 6.36. The summed E-state index contributed by atoms with van der Waals surface area (Å²) in [6.45, 7) is 5.57. The lowest BCUT2D eigenvalue weighted by Crippen LogP contribution is -2.27. The van der Waals surface area contributed by atoms with Crippen molar-refractivity contribution in [3.63, 3.8) is 0 Å². The van der Waals surface area contributed by atoms with Crippen LogP contribution in [0.15, 0.2) is 24.3 Å². The minimum absolute atomic E-state index is 0.0167. The zero-order valence-electron chi connectivity index (χ0n) is 12.3. The van der Waals surface area contributed by atoms with E-state index in [1.807, 2.05) is 38.1 Å². The van der Waals surface area contributed by atoms with E-state index in [0.717, 1.165) is 11.4 Å². The van der Waals surface area contributed by atoms with Crippen LogP contribution in [0.1, 0.15) is 27.2 Å². The molecular weight excluding hydrogens is 240 g/mol. The van der Waals surface area contributed by atoms with Crippen LogP contribution in [0.25, 0.3) is 0 Å². The number of nitrogens with zero attached hydrogens (tertiary/aromatic N) is 2. The van der Waals surface area contributed by atoms with E-state index in [1.165, 1.54) is 6.92 Å². The lowest BCUT2D eigenvalue weighted by atomic mass is 10.1. The van der Waals surface area contributed by atoms with Gasteiger partial charge in [0.1, 0.15) is 0 Å². The van der Waals surface area contributed by atoms with Gasteiger partial charge in [0, 0.05) is 38.8 Å². The molecule has 104 valence electrons. The quantitative estimate of drug-likeness (QED) is 0.837. The van der Waals surface area contributed by atoms with Crippen LogP contribution in [-0.4, -0.2) is 25.9 Å². The molecule has 0 aliphatic carbocycles. The average Bonchev–Trinajstić information content (AvgIpc) is 2.36. The van der Waals surface area contributed by atoms with Gasteiger partial charge in [0.2, 0.25) is 11.8 Å². The number of benzene rings is 1. The highest BCUT2D eigenvalue weighted by molar-refractivity contribution is 5.94. The van der Waals surface area contributed by atoms with Gasteiger partial charge in [0.15, 0.2) is 0 Å². The third-order valence-electron chi connectivity index (χ3n) is 3.05. The van der Waals surface area contributed by atoms with Crippen molar-refractivity contribution in [3.8, 4) is 0 Å². The predicted octanol–water partition coefficient (Wildman–Crippen LogP) is 2.68. The standard InChI is InChI=1S/C15H22N2O2/c1-11(2)10-15(19)17(5)14-8-6-13(7-9-14)16(4)12(3)18/h6-9,11H,10H2,1-5H3. The average molecular weight is 262 g/mol. The molecule has 1 aromatic rings. The van der Waals surface area contributed by atoms with E-state index in [1.54, 1.807) is 23.9 Å². The Morgan fingerprint density at radius 1 is 1.00 bits per heavy atom. The fourth-order valence-electron chi connectivity index (χ4n) is 1.71. The fraction of sp³-hybridized carbons (Fsp3) is 0.467. The van der Waals surface area contributed by atoms with E-state index in [2.05, 4.69) is 0 Å². The van der Waals surface area contributed by atoms with Gasteiger partial charge in [-0.2, -0.15) is 0 Å². The topological polar surface area (TPSA) is 40.6 Å². The van der Waals surface area contributed by atoms with Crippen molar-refractivity contribution < 1.29 is 9.59 Å². The van der Waals surface area contributed by atoms with Crippen LogP contribution in [0, 0.1) is 5.92 Å². The zero-order valence-corrected chi connectivity index (χ0v) is 12.3. The van der Waals surface area contributed by atoms with Crippen LogP contribution in [0.4, 0.5) is 11.4 Å². The molecule has 0 spiro atoms. The summed E-state index contributed by atoms with van der Waals surface area (Å²) in [5, 5.41) is 0. The van der Waals surface area contributed by atoms with Crippen LogP contribution in [0.3, 0.4) is 0 Å². The van der Waals surface area contributed by atoms with Gasteiger partial charge in [-0.3, -0.25) is 9.59 Å². The first-order valence-corrected chi connectivity index (χ1v) is 6.43. The number of carbonyl (C=O) groups excluding carboxylic acids is 2. The molecule has 19 heavy (non-hydrogen) atoms. The highest BCUT2D eigenvalue weighted by Crippen LogP contribution is 2.20. The maximum Gasteiger partial charge on any atom is 0.226 e. The zero-order chi connectivity index (χ0) is 14.6. The number of hydrogen-bond donors (Lipinski definition) is 0. The summed E-state index contributed by atoms with van der Waals surface area (Å²) in [6.07, 6.45) is 0.533. The van der Waals surface area contributed by atoms with Gasteiger partial charge in [-0.1, -0.05) is 13.8 Å². The van der Waals surface area contributed by atoms with Crippen LogP contribution in [0.2, 0.25) is 0 Å². The molecule has 0 aliphatic heterocycles. The summed E-state index contributed by atoms with van der Waals surface area (Å²) in [6, 6.07) is 7.39.